The second kappa shape index (κ2) is 11.0. The highest BCUT2D eigenvalue weighted by atomic mass is 16.5. The number of hydrogen-bond acceptors (Lipinski definition) is 6. The first-order chi connectivity index (χ1) is 10.8. The molecule has 0 aromatic heterocycles. The number of rotatable bonds is 11. The average molecular weight is 317 g/mol. The lowest BCUT2D eigenvalue weighted by atomic mass is 10.0. The Balaban J connectivity index is 4.75. The molecule has 2 atom stereocenters. The largest absolute Gasteiger partial charge is 0.466 e. The second-order valence-electron chi connectivity index (χ2n) is 5.34. The van der Waals surface area contributed by atoms with E-state index in [2.05, 4.69) is 11.0 Å². The van der Waals surface area contributed by atoms with E-state index in [1.54, 1.807) is 13.8 Å². The third-order valence-corrected chi connectivity index (χ3v) is 2.85. The summed E-state index contributed by atoms with van der Waals surface area (Å²) in [5.41, 5.74) is 2.19. The normalized spacial score (nSPS) is 14.0. The smallest absolute Gasteiger partial charge is 0.328 e. The van der Waals surface area contributed by atoms with Crippen molar-refractivity contribution in [2.24, 2.45) is 11.6 Å². The predicted molar refractivity (Wildman–Crippen MR) is 81.9 cm³/mol. The summed E-state index contributed by atoms with van der Waals surface area (Å²) in [5, 5.41) is 2.55. The molecule has 0 aromatic rings. The molecule has 0 fully saturated rings. The van der Waals surface area contributed by atoms with Crippen LogP contribution in [0, 0.1) is 5.92 Å². The Kier molecular flexibility index (Phi) is 9.21. The Morgan fingerprint density at radius 1 is 1.18 bits per heavy atom. The van der Waals surface area contributed by atoms with E-state index in [0.717, 1.165) is 0 Å². The number of nitrogens with one attached hydrogen (secondary N) is 1. The van der Waals surface area contributed by atoms with Crippen molar-refractivity contribution in [3.05, 3.63) is 0 Å². The maximum Gasteiger partial charge on any atom is 0.328 e. The van der Waals surface area contributed by atoms with Crippen LogP contribution in [0.5, 0.6) is 0 Å². The SMILES string of the molecule is [2H]N[C@@H](CC(C)C)C(=O)N[C@@H](CCC(=O)OCC)C(=O)OCC. The van der Waals surface area contributed by atoms with E-state index in [0.29, 0.717) is 6.42 Å². The fourth-order valence-electron chi connectivity index (χ4n) is 1.84. The second-order valence-corrected chi connectivity index (χ2v) is 5.34. The van der Waals surface area contributed by atoms with Crippen molar-refractivity contribution in [2.75, 3.05) is 13.2 Å². The molecule has 3 N–H and O–H groups in total. The zero-order chi connectivity index (χ0) is 17.8. The number of nitrogens with two attached hydrogens (primary N) is 1. The molecule has 0 aliphatic rings. The Morgan fingerprint density at radius 3 is 2.32 bits per heavy atom. The van der Waals surface area contributed by atoms with E-state index < -0.39 is 29.9 Å². The molecule has 0 saturated carbocycles. The molecule has 0 heterocycles. The van der Waals surface area contributed by atoms with Crippen LogP contribution < -0.4 is 11.0 Å². The lowest BCUT2D eigenvalue weighted by molar-refractivity contribution is -0.149. The first-order valence-corrected chi connectivity index (χ1v) is 7.65. The van der Waals surface area contributed by atoms with Gasteiger partial charge >= 0.3 is 11.9 Å². The minimum atomic E-state index is -0.935. The van der Waals surface area contributed by atoms with Gasteiger partial charge in [0.15, 0.2) is 0 Å². The van der Waals surface area contributed by atoms with Crippen molar-refractivity contribution in [1.29, 1.82) is 0 Å². The molecule has 1 amide bonds. The summed E-state index contributed by atoms with van der Waals surface area (Å²) in [6, 6.07) is -1.66. The standard InChI is InChI=1S/C15H28N2O5/c1-5-21-13(18)8-7-12(15(20)22-6-2)17-14(19)11(16)9-10(3)4/h10-12H,5-9,16H2,1-4H3,(H,17,19)/t11-,12-/m0/s1/i/hD. The van der Waals surface area contributed by atoms with Gasteiger partial charge in [0.1, 0.15) is 7.45 Å². The predicted octanol–water partition coefficient (Wildman–Crippen LogP) is 0.751. The molecular weight excluding hydrogens is 288 g/mol. The number of carbonyl (C=O) groups is 3. The molecule has 0 saturated heterocycles. The van der Waals surface area contributed by atoms with E-state index in [1.807, 2.05) is 13.8 Å². The van der Waals surface area contributed by atoms with Gasteiger partial charge in [0.05, 0.1) is 19.3 Å². The van der Waals surface area contributed by atoms with Gasteiger partial charge in [0, 0.05) is 6.42 Å². The Hall–Kier alpha value is -1.63. The van der Waals surface area contributed by atoms with Crippen LogP contribution >= 0.6 is 0 Å². The molecule has 0 rings (SSSR count). The number of esters is 2. The first kappa shape index (κ1) is 18.4. The summed E-state index contributed by atoms with van der Waals surface area (Å²) in [6.07, 6.45) is 0.555. The summed E-state index contributed by atoms with van der Waals surface area (Å²) in [4.78, 5) is 35.5. The maximum absolute atomic E-state index is 12.2. The van der Waals surface area contributed by atoms with Gasteiger partial charge in [-0.05, 0) is 32.6 Å². The van der Waals surface area contributed by atoms with Gasteiger partial charge in [0.25, 0.3) is 0 Å². The van der Waals surface area contributed by atoms with E-state index in [1.165, 1.54) is 0 Å². The van der Waals surface area contributed by atoms with Gasteiger partial charge in [-0.1, -0.05) is 13.8 Å². The summed E-state index contributed by atoms with van der Waals surface area (Å²) in [7, 11) is 0. The molecule has 7 nitrogen and oxygen atoms in total. The highest BCUT2D eigenvalue weighted by Gasteiger charge is 2.26. The molecule has 0 radical (unpaired) electrons. The van der Waals surface area contributed by atoms with Crippen LogP contribution in [0.1, 0.15) is 47.0 Å². The zero-order valence-electron chi connectivity index (χ0n) is 14.8. The van der Waals surface area contributed by atoms with Crippen LogP contribution in [-0.4, -0.2) is 43.1 Å². The Bertz CT molecular complexity index is 390. The Labute approximate surface area is 133 Å². The fraction of sp³-hybridized carbons (Fsp3) is 0.800. The minimum absolute atomic E-state index is 0.000746. The number of amides is 1. The number of hydrogen-bond donors (Lipinski definition) is 2. The topological polar surface area (TPSA) is 108 Å². The van der Waals surface area contributed by atoms with Gasteiger partial charge in [-0.25, -0.2) is 4.79 Å². The number of ether oxygens (including phenoxy) is 2. The van der Waals surface area contributed by atoms with Crippen molar-refractivity contribution in [1.82, 2.24) is 5.32 Å². The quantitative estimate of drug-likeness (QED) is 0.544. The van der Waals surface area contributed by atoms with Gasteiger partial charge in [-0.2, -0.15) is 0 Å². The van der Waals surface area contributed by atoms with Crippen LogP contribution in [0.25, 0.3) is 0 Å². The highest BCUT2D eigenvalue weighted by Crippen LogP contribution is 2.06. The van der Waals surface area contributed by atoms with Crippen molar-refractivity contribution >= 4 is 17.8 Å². The minimum Gasteiger partial charge on any atom is -0.466 e. The van der Waals surface area contributed by atoms with Gasteiger partial charge in [0.2, 0.25) is 5.91 Å². The van der Waals surface area contributed by atoms with Gasteiger partial charge in [-0.3, -0.25) is 9.59 Å². The molecule has 128 valence electrons. The van der Waals surface area contributed by atoms with Crippen LogP contribution in [0.4, 0.5) is 0 Å². The molecule has 0 aliphatic heterocycles. The summed E-state index contributed by atoms with van der Waals surface area (Å²) in [5.74, 6) is -1.29. The van der Waals surface area contributed by atoms with Crippen molar-refractivity contribution in [3.63, 3.8) is 0 Å². The van der Waals surface area contributed by atoms with E-state index in [9.17, 15) is 14.4 Å². The van der Waals surface area contributed by atoms with Crippen molar-refractivity contribution < 1.29 is 25.3 Å². The van der Waals surface area contributed by atoms with Crippen LogP contribution in [0.2, 0.25) is 1.41 Å². The third-order valence-electron chi connectivity index (χ3n) is 2.85. The molecule has 22 heavy (non-hydrogen) atoms. The highest BCUT2D eigenvalue weighted by molar-refractivity contribution is 5.87. The third kappa shape index (κ3) is 8.61. The van der Waals surface area contributed by atoms with E-state index in [-0.39, 0.29) is 32.0 Å². The van der Waals surface area contributed by atoms with E-state index in [4.69, 9.17) is 10.9 Å². The molecule has 0 aliphatic carbocycles. The van der Waals surface area contributed by atoms with Crippen LogP contribution in [0.15, 0.2) is 0 Å². The van der Waals surface area contributed by atoms with Crippen LogP contribution in [-0.2, 0) is 23.9 Å². The summed E-state index contributed by atoms with van der Waals surface area (Å²) >= 11 is 0. The Morgan fingerprint density at radius 2 is 1.82 bits per heavy atom. The zero-order valence-corrected chi connectivity index (χ0v) is 13.8. The molecule has 0 spiro atoms. The molecular formula is C15H28N2O5. The maximum atomic E-state index is 12.2. The monoisotopic (exact) mass is 317 g/mol. The first-order valence-electron chi connectivity index (χ1n) is 8.15. The van der Waals surface area contributed by atoms with E-state index >= 15 is 0 Å². The summed E-state index contributed by atoms with van der Waals surface area (Å²) in [6.45, 7) is 7.65. The molecule has 0 aromatic carbocycles. The fourth-order valence-corrected chi connectivity index (χ4v) is 1.84. The number of carbonyl (C=O) groups excluding carboxylic acids is 3. The van der Waals surface area contributed by atoms with Crippen LogP contribution in [0.3, 0.4) is 0 Å². The van der Waals surface area contributed by atoms with Crippen molar-refractivity contribution in [3.8, 4) is 0 Å². The molecule has 0 unspecified atom stereocenters. The summed E-state index contributed by atoms with van der Waals surface area (Å²) < 4.78 is 17.0. The van der Waals surface area contributed by atoms with Crippen molar-refractivity contribution in [2.45, 2.75) is 59.0 Å². The van der Waals surface area contributed by atoms with Gasteiger partial charge in [-0.15, -0.1) is 0 Å². The van der Waals surface area contributed by atoms with Gasteiger partial charge < -0.3 is 20.5 Å². The average Bonchev–Trinajstić information content (AvgIpc) is 2.48. The lowest BCUT2D eigenvalue weighted by Crippen LogP contribution is -2.49. The molecule has 0 bridgehead atoms. The molecule has 7 heteroatoms. The lowest BCUT2D eigenvalue weighted by Gasteiger charge is -2.20.